The molecule has 10 aromatic carbocycles. The van der Waals surface area contributed by atoms with Gasteiger partial charge in [0.1, 0.15) is 94.6 Å². The molecule has 0 aliphatic heterocycles. The van der Waals surface area contributed by atoms with E-state index in [1.54, 1.807) is 36.4 Å². The van der Waals surface area contributed by atoms with E-state index in [9.17, 15) is 72.4 Å². The fourth-order valence-electron chi connectivity index (χ4n) is 14.7. The molecule has 18 rings (SSSR count). The van der Waals surface area contributed by atoms with Gasteiger partial charge in [-0.2, -0.15) is 52.0 Å². The Morgan fingerprint density at radius 1 is 0.257 bits per heavy atom. The molecule has 0 saturated heterocycles. The van der Waals surface area contributed by atoms with E-state index in [0.29, 0.717) is 46.5 Å². The maximum Gasteiger partial charge on any atom is 0.323 e. The van der Waals surface area contributed by atoms with Crippen molar-refractivity contribution in [3.05, 3.63) is 443 Å². The molecule has 0 spiro atoms. The number of rotatable bonds is 26. The lowest BCUT2D eigenvalue weighted by molar-refractivity contribution is -0.207. The summed E-state index contributed by atoms with van der Waals surface area (Å²) in [6, 6.07) is 62.3. The van der Waals surface area contributed by atoms with Crippen LogP contribution in [0.4, 0.5) is 70.2 Å². The third-order valence-electron chi connectivity index (χ3n) is 22.7. The Kier molecular flexibility index (Phi) is 33.5. The van der Waals surface area contributed by atoms with Gasteiger partial charge in [0, 0.05) is 93.6 Å². The number of aromatic nitrogens is 20. The molecule has 0 aliphatic rings. The van der Waals surface area contributed by atoms with Gasteiger partial charge in [-0.15, -0.1) is 20.4 Å². The fraction of sp³-hybridized carbons (Fsp3) is 0.160. The number of aryl methyl sites for hydroxylation is 4. The van der Waals surface area contributed by atoms with Crippen molar-refractivity contribution in [3.8, 4) is 44.5 Å². The van der Waals surface area contributed by atoms with Gasteiger partial charge in [0.2, 0.25) is 0 Å². The topological polar surface area (TPSA) is 416 Å². The first-order valence-corrected chi connectivity index (χ1v) is 46.2. The fourth-order valence-corrected chi connectivity index (χ4v) is 15.7. The summed E-state index contributed by atoms with van der Waals surface area (Å²) in [6.45, 7) is 4.07. The predicted molar refractivity (Wildman–Crippen MR) is 498 cm³/mol. The molecular weight excluding hydrogens is 2010 g/mol. The van der Waals surface area contributed by atoms with Crippen LogP contribution >= 0.6 is 0 Å². The summed E-state index contributed by atoms with van der Waals surface area (Å²) >= 11 is 0. The lowest BCUT2D eigenvalue weighted by Gasteiger charge is -2.35. The Morgan fingerprint density at radius 3 is 0.595 bits per heavy atom. The quantitative estimate of drug-likeness (QED) is 0.0217. The number of aliphatic hydroxyl groups is 4. The third kappa shape index (κ3) is 25.2. The van der Waals surface area contributed by atoms with E-state index in [-0.39, 0.29) is 9.79 Å². The van der Waals surface area contributed by atoms with Crippen molar-refractivity contribution < 1.29 is 117 Å². The number of hydrogen-bond donors (Lipinski definition) is 6. The van der Waals surface area contributed by atoms with Gasteiger partial charge in [-0.1, -0.05) is 180 Å². The second-order valence-corrected chi connectivity index (χ2v) is 35.9. The van der Waals surface area contributed by atoms with Crippen molar-refractivity contribution in [2.24, 2.45) is 0 Å². The summed E-state index contributed by atoms with van der Waals surface area (Å²) < 4.78 is 299. The highest BCUT2D eigenvalue weighted by molar-refractivity contribution is 7.86. The Balaban J connectivity index is 0.000000154. The number of alkyl halides is 8. The number of tetrazole rings is 4. The van der Waals surface area contributed by atoms with Gasteiger partial charge < -0.3 is 20.4 Å². The van der Waals surface area contributed by atoms with E-state index < -0.39 is 184 Å². The maximum atomic E-state index is 15.7. The van der Waals surface area contributed by atoms with E-state index in [0.717, 1.165) is 161 Å². The highest BCUT2D eigenvalue weighted by atomic mass is 32.2. The van der Waals surface area contributed by atoms with Gasteiger partial charge in [-0.05, 0) is 189 Å². The molecule has 0 radical (unpaired) electrons. The van der Waals surface area contributed by atoms with E-state index in [2.05, 4.69) is 82.0 Å². The summed E-state index contributed by atoms with van der Waals surface area (Å²) in [7, 11) is -8.01. The average Bonchev–Trinajstić information content (AvgIpc) is 1.39. The van der Waals surface area contributed by atoms with Crippen LogP contribution in [0.5, 0.6) is 0 Å². The van der Waals surface area contributed by atoms with Gasteiger partial charge in [0.15, 0.2) is 22.4 Å². The van der Waals surface area contributed by atoms with E-state index in [1.165, 1.54) is 73.3 Å². The largest absolute Gasteiger partial charge is 0.377 e. The average molecular weight is 2090 g/mol. The minimum absolute atomic E-state index is 0.0741. The van der Waals surface area contributed by atoms with Crippen molar-refractivity contribution in [2.45, 2.75) is 110 Å². The first kappa shape index (κ1) is 109. The van der Waals surface area contributed by atoms with Crippen LogP contribution in [0.25, 0.3) is 44.5 Å². The Bertz CT molecular complexity index is 6880. The molecule has 18 aromatic rings. The Labute approximate surface area is 830 Å². The Hall–Kier alpha value is -16.4. The highest BCUT2D eigenvalue weighted by Crippen LogP contribution is 2.52. The van der Waals surface area contributed by atoms with Gasteiger partial charge in [-0.3, -0.25) is 29.0 Å². The first-order valence-electron chi connectivity index (χ1n) is 43.3. The molecule has 8 aromatic heterocycles. The van der Waals surface area contributed by atoms with Gasteiger partial charge in [0.25, 0.3) is 20.2 Å². The third-order valence-corrected chi connectivity index (χ3v) is 24.4. The van der Waals surface area contributed by atoms with Gasteiger partial charge in [0.05, 0.1) is 36.0 Å². The van der Waals surface area contributed by atoms with Crippen molar-refractivity contribution >= 4 is 20.2 Å². The summed E-state index contributed by atoms with van der Waals surface area (Å²) in [6.07, 6.45) is 8.96. The molecule has 30 nitrogen and oxygen atoms in total. The minimum Gasteiger partial charge on any atom is -0.377 e. The molecule has 8 heterocycles. The molecule has 0 bridgehead atoms. The lowest BCUT2D eigenvalue weighted by atomic mass is 9.84. The molecule has 48 heteroatoms. The summed E-state index contributed by atoms with van der Waals surface area (Å²) in [4.78, 5) is 15.3. The number of halogens is 16. The SMILES string of the molecule is Cc1ccc(-c2ccc(C(F)(F)[C@@](O)(Cn3cnnn3)c3ccc(F)cc3F)nc2)cc1.Cc1ccc(-c2ccc(C(F)(F)[C@@](O)(Cn3cnnn3)c3ccc(F)cc3F)nc2)cc1.Cc1ccc(-c2ccc(C(F)(F)[C@](O)(Cn3cnnn3)c3ccc(F)cc3F)nc2)cc1.Cc1ccc(-c2ccc(C(F)(F)[C@](O)(Cn3cnnn3)c3ccc(F)cc3F)nc2)cc1.O=S(=O)(O)c1ccccc1.O=S(=O)(O)c1ccccc1. The smallest absolute Gasteiger partial charge is 0.323 e. The normalized spacial score (nSPS) is 13.4. The van der Waals surface area contributed by atoms with Gasteiger partial charge in [-0.25, -0.2) is 53.9 Å². The standard InChI is InChI=1S/4C22H17F4N5O.2C6H6O3S/c4*1-14-2-4-15(5-3-14)16-6-9-20(27-11-16)22(25,26)21(32,12-31-13-28-29-30-31)18-8-7-17(23)10-19(18)24;2*7-10(8,9)6-4-2-1-3-5-6/h4*2-11,13,32H,12H2,1H3;2*1-5H,(H,7,8,9)/t4*21-;;/m1100../s1. The van der Waals surface area contributed by atoms with Gasteiger partial charge >= 0.3 is 23.7 Å². The minimum atomic E-state index is -4.09. The van der Waals surface area contributed by atoms with E-state index >= 15 is 35.1 Å². The van der Waals surface area contributed by atoms with Crippen LogP contribution < -0.4 is 0 Å². The van der Waals surface area contributed by atoms with Crippen LogP contribution in [0.3, 0.4) is 0 Å². The van der Waals surface area contributed by atoms with E-state index in [1.807, 2.05) is 125 Å². The van der Waals surface area contributed by atoms with Crippen LogP contribution in [0.1, 0.15) is 67.3 Å². The van der Waals surface area contributed by atoms with E-state index in [4.69, 9.17) is 9.11 Å². The molecule has 0 saturated carbocycles. The zero-order chi connectivity index (χ0) is 107. The molecular formula is C100H80F16N20O10S2. The van der Waals surface area contributed by atoms with Crippen molar-refractivity contribution in [1.82, 2.24) is 101 Å². The molecule has 4 atom stereocenters. The number of pyridine rings is 4. The summed E-state index contributed by atoms with van der Waals surface area (Å²) in [5.41, 5.74) is -9.55. The first-order chi connectivity index (χ1) is 70.0. The molecule has 0 unspecified atom stereocenters. The molecule has 148 heavy (non-hydrogen) atoms. The zero-order valence-corrected chi connectivity index (χ0v) is 78.8. The monoisotopic (exact) mass is 2090 g/mol. The number of hydrogen-bond acceptors (Lipinski definition) is 24. The second-order valence-electron chi connectivity index (χ2n) is 33.0. The number of nitrogens with zero attached hydrogens (tertiary/aromatic N) is 20. The van der Waals surface area contributed by atoms with Crippen LogP contribution in [-0.2, 0) is 92.5 Å². The lowest BCUT2D eigenvalue weighted by Crippen LogP contribution is -2.48. The zero-order valence-electron chi connectivity index (χ0n) is 77.1. The summed E-state index contributed by atoms with van der Waals surface area (Å²) in [5.74, 6) is -25.6. The van der Waals surface area contributed by atoms with Crippen LogP contribution in [0.2, 0.25) is 0 Å². The second kappa shape index (κ2) is 45.5. The summed E-state index contributed by atoms with van der Waals surface area (Å²) in [5, 5.41) is 85.4. The van der Waals surface area contributed by atoms with Crippen LogP contribution in [0, 0.1) is 74.2 Å². The molecule has 764 valence electrons. The van der Waals surface area contributed by atoms with Crippen molar-refractivity contribution in [1.29, 1.82) is 0 Å². The van der Waals surface area contributed by atoms with Crippen molar-refractivity contribution in [2.75, 3.05) is 0 Å². The molecule has 0 amide bonds. The van der Waals surface area contributed by atoms with Crippen molar-refractivity contribution in [3.63, 3.8) is 0 Å². The predicted octanol–water partition coefficient (Wildman–Crippen LogP) is 17.9. The molecule has 0 fully saturated rings. The number of benzene rings is 10. The molecule has 0 aliphatic carbocycles. The molecule has 6 N–H and O–H groups in total. The van der Waals surface area contributed by atoms with Crippen LogP contribution in [-0.4, -0.2) is 147 Å². The highest BCUT2D eigenvalue weighted by Gasteiger charge is 2.62. The Morgan fingerprint density at radius 2 is 0.446 bits per heavy atom. The van der Waals surface area contributed by atoms with Crippen LogP contribution in [0.15, 0.2) is 339 Å². The maximum absolute atomic E-state index is 15.7.